The molecule has 1 saturated heterocycles. The number of ether oxygens (including phenoxy) is 3. The second kappa shape index (κ2) is 8.94. The van der Waals surface area contributed by atoms with E-state index in [0.29, 0.717) is 54.9 Å². The smallest absolute Gasteiger partial charge is 0.416 e. The molecule has 13 heteroatoms. The number of aryl methyl sites for hydroxylation is 1. The van der Waals surface area contributed by atoms with E-state index in [1.165, 1.54) is 21.7 Å². The van der Waals surface area contributed by atoms with Crippen molar-refractivity contribution < 1.29 is 23.8 Å². The normalized spacial score (nSPS) is 17.2. The Kier molecular flexibility index (Phi) is 5.67. The van der Waals surface area contributed by atoms with Crippen LogP contribution in [0.2, 0.25) is 0 Å². The molecule has 176 valence electrons. The van der Waals surface area contributed by atoms with Crippen LogP contribution in [0.4, 0.5) is 16.4 Å². The molecule has 0 unspecified atom stereocenters. The van der Waals surface area contributed by atoms with Crippen molar-refractivity contribution in [1.29, 1.82) is 0 Å². The lowest BCUT2D eigenvalue weighted by Gasteiger charge is -2.19. The van der Waals surface area contributed by atoms with E-state index in [4.69, 9.17) is 14.2 Å². The van der Waals surface area contributed by atoms with Gasteiger partial charge in [0.25, 0.3) is 11.5 Å². The second-order valence-electron chi connectivity index (χ2n) is 7.67. The van der Waals surface area contributed by atoms with Crippen molar-refractivity contribution in [1.82, 2.24) is 24.8 Å². The van der Waals surface area contributed by atoms with E-state index in [-0.39, 0.29) is 30.0 Å². The Morgan fingerprint density at radius 2 is 2.09 bits per heavy atom. The third kappa shape index (κ3) is 4.32. The lowest BCUT2D eigenvalue weighted by atomic mass is 10.3. The summed E-state index contributed by atoms with van der Waals surface area (Å²) in [5, 5.41) is 5.79. The number of nitrogens with zero attached hydrogens (tertiary/aromatic N) is 5. The predicted octanol–water partition coefficient (Wildman–Crippen LogP) is 0.0482. The second-order valence-corrected chi connectivity index (χ2v) is 7.67. The lowest BCUT2D eigenvalue weighted by Crippen LogP contribution is -2.33. The molecular weight excluding hydrogens is 446 g/mol. The Labute approximate surface area is 192 Å². The van der Waals surface area contributed by atoms with Gasteiger partial charge in [-0.15, -0.1) is 0 Å². The molecule has 0 bridgehead atoms. The summed E-state index contributed by atoms with van der Waals surface area (Å²) in [5.41, 5.74) is 0.866. The number of hydrogen-bond donors (Lipinski definition) is 2. The minimum Gasteiger partial charge on any atom is -0.480 e. The van der Waals surface area contributed by atoms with Crippen LogP contribution >= 0.6 is 0 Å². The van der Waals surface area contributed by atoms with Crippen molar-refractivity contribution in [3.05, 3.63) is 40.8 Å². The van der Waals surface area contributed by atoms with Gasteiger partial charge < -0.3 is 24.8 Å². The molecule has 13 nitrogen and oxygen atoms in total. The van der Waals surface area contributed by atoms with Gasteiger partial charge in [-0.1, -0.05) is 0 Å². The number of pyridine rings is 2. The number of nitrogens with one attached hydrogen (secondary N) is 2. The standard InChI is InChI=1S/C21H21N7O6/c1-27-18(30)5-2-13-20(27)26-17(9-23-13)32-7-6-22-8-12-10-28(21(31)34-12)15-4-3-14-19(24-15)25-16(29)11-33-14/h2-5,9,12,22H,6-8,10-11H2,1H3,(H,24,25,29)/t12-/m0/s1. The molecule has 5 rings (SSSR count). The van der Waals surface area contributed by atoms with Crippen LogP contribution in [0.15, 0.2) is 35.3 Å². The molecule has 0 spiro atoms. The Bertz CT molecular complexity index is 1330. The first-order chi connectivity index (χ1) is 16.5. The van der Waals surface area contributed by atoms with Crippen LogP contribution in [0.25, 0.3) is 11.2 Å². The van der Waals surface area contributed by atoms with Gasteiger partial charge in [0.15, 0.2) is 23.8 Å². The number of hydrogen-bond acceptors (Lipinski definition) is 10. The Hall–Kier alpha value is -4.26. The number of carbonyl (C=O) groups excluding carboxylic acids is 2. The summed E-state index contributed by atoms with van der Waals surface area (Å²) in [6.07, 6.45) is 0.601. The van der Waals surface area contributed by atoms with Crippen LogP contribution in [0.5, 0.6) is 11.6 Å². The zero-order valence-electron chi connectivity index (χ0n) is 18.2. The molecule has 1 fully saturated rings. The average Bonchev–Trinajstić information content (AvgIpc) is 3.21. The molecule has 3 aromatic rings. The molecule has 2 N–H and O–H groups in total. The molecule has 1 atom stereocenters. The third-order valence-electron chi connectivity index (χ3n) is 5.30. The fourth-order valence-corrected chi connectivity index (χ4v) is 3.58. The van der Waals surface area contributed by atoms with Crippen molar-refractivity contribution in [2.24, 2.45) is 7.05 Å². The van der Waals surface area contributed by atoms with Gasteiger partial charge in [-0.25, -0.2) is 14.8 Å². The summed E-state index contributed by atoms with van der Waals surface area (Å²) in [7, 11) is 1.63. The fraction of sp³-hybridized carbons (Fsp3) is 0.333. The minimum atomic E-state index is -0.518. The van der Waals surface area contributed by atoms with Gasteiger partial charge >= 0.3 is 6.09 Å². The number of fused-ring (bicyclic) bond motifs is 2. The van der Waals surface area contributed by atoms with Gasteiger partial charge in [0.2, 0.25) is 5.88 Å². The van der Waals surface area contributed by atoms with E-state index in [0.717, 1.165) is 0 Å². The molecule has 2 amide bonds. The van der Waals surface area contributed by atoms with Crippen molar-refractivity contribution in [3.8, 4) is 11.6 Å². The third-order valence-corrected chi connectivity index (χ3v) is 5.30. The van der Waals surface area contributed by atoms with Crippen molar-refractivity contribution in [3.63, 3.8) is 0 Å². The van der Waals surface area contributed by atoms with Crippen molar-refractivity contribution in [2.45, 2.75) is 6.10 Å². The van der Waals surface area contributed by atoms with Crippen molar-refractivity contribution >= 4 is 34.8 Å². The van der Waals surface area contributed by atoms with E-state index in [9.17, 15) is 14.4 Å². The van der Waals surface area contributed by atoms with Gasteiger partial charge in [-0.2, -0.15) is 4.98 Å². The number of carbonyl (C=O) groups is 2. The summed E-state index contributed by atoms with van der Waals surface area (Å²) in [6.45, 7) is 1.43. The van der Waals surface area contributed by atoms with Crippen LogP contribution in [0.3, 0.4) is 0 Å². The van der Waals surface area contributed by atoms with Gasteiger partial charge in [-0.05, 0) is 18.2 Å². The number of anilines is 2. The van der Waals surface area contributed by atoms with Crippen LogP contribution < -0.4 is 30.6 Å². The Balaban J connectivity index is 1.11. The Morgan fingerprint density at radius 3 is 2.97 bits per heavy atom. The molecule has 0 aromatic carbocycles. The van der Waals surface area contributed by atoms with E-state index >= 15 is 0 Å². The summed E-state index contributed by atoms with van der Waals surface area (Å²) < 4.78 is 17.7. The van der Waals surface area contributed by atoms with Crippen LogP contribution in [-0.4, -0.2) is 70.5 Å². The number of cyclic esters (lactones) is 1. The summed E-state index contributed by atoms with van der Waals surface area (Å²) >= 11 is 0. The number of amides is 2. The average molecular weight is 467 g/mol. The molecule has 5 heterocycles. The maximum Gasteiger partial charge on any atom is 0.416 e. The molecule has 34 heavy (non-hydrogen) atoms. The highest BCUT2D eigenvalue weighted by atomic mass is 16.6. The molecule has 0 aliphatic carbocycles. The summed E-state index contributed by atoms with van der Waals surface area (Å²) in [4.78, 5) is 49.9. The molecule has 2 aliphatic heterocycles. The number of aromatic nitrogens is 4. The lowest BCUT2D eigenvalue weighted by molar-refractivity contribution is -0.118. The number of rotatable bonds is 7. The first-order valence-electron chi connectivity index (χ1n) is 10.6. The SMILES string of the molecule is Cn1c(=O)ccc2ncc(OCCNC[C@H]3CN(c4ccc5c(n4)NC(=O)CO5)C(=O)O3)nc21. The Morgan fingerprint density at radius 1 is 1.21 bits per heavy atom. The van der Waals surface area contributed by atoms with Crippen LogP contribution in [0.1, 0.15) is 0 Å². The maximum atomic E-state index is 12.3. The molecular formula is C21H21N7O6. The van der Waals surface area contributed by atoms with Crippen molar-refractivity contribution in [2.75, 3.05) is 43.1 Å². The van der Waals surface area contributed by atoms with Crippen LogP contribution in [-0.2, 0) is 16.6 Å². The van der Waals surface area contributed by atoms with Gasteiger partial charge in [-0.3, -0.25) is 19.1 Å². The van der Waals surface area contributed by atoms with Gasteiger partial charge in [0, 0.05) is 26.2 Å². The molecule has 3 aromatic heterocycles. The van der Waals surface area contributed by atoms with Crippen LogP contribution in [0, 0.1) is 0 Å². The molecule has 0 saturated carbocycles. The highest BCUT2D eigenvalue weighted by Crippen LogP contribution is 2.29. The summed E-state index contributed by atoms with van der Waals surface area (Å²) in [6, 6.07) is 6.35. The van der Waals surface area contributed by atoms with E-state index < -0.39 is 6.09 Å². The van der Waals surface area contributed by atoms with E-state index in [2.05, 4.69) is 25.6 Å². The summed E-state index contributed by atoms with van der Waals surface area (Å²) in [5.74, 6) is 1.10. The minimum absolute atomic E-state index is 0.0651. The fourth-order valence-electron chi connectivity index (χ4n) is 3.58. The first kappa shape index (κ1) is 21.6. The zero-order valence-corrected chi connectivity index (χ0v) is 18.2. The first-order valence-corrected chi connectivity index (χ1v) is 10.6. The monoisotopic (exact) mass is 467 g/mol. The zero-order chi connectivity index (χ0) is 23.7. The van der Waals surface area contributed by atoms with E-state index in [1.807, 2.05) is 0 Å². The van der Waals surface area contributed by atoms with Gasteiger partial charge in [0.05, 0.1) is 12.7 Å². The largest absolute Gasteiger partial charge is 0.480 e. The predicted molar refractivity (Wildman–Crippen MR) is 119 cm³/mol. The maximum absolute atomic E-state index is 12.3. The highest BCUT2D eigenvalue weighted by molar-refractivity contribution is 5.95. The molecule has 0 radical (unpaired) electrons. The van der Waals surface area contributed by atoms with E-state index in [1.54, 1.807) is 25.2 Å². The topological polar surface area (TPSA) is 150 Å². The highest BCUT2D eigenvalue weighted by Gasteiger charge is 2.33. The molecule has 2 aliphatic rings. The van der Waals surface area contributed by atoms with Gasteiger partial charge in [0.1, 0.15) is 24.0 Å². The quantitative estimate of drug-likeness (QED) is 0.456.